The van der Waals surface area contributed by atoms with E-state index >= 15 is 0 Å². The second-order valence-electron chi connectivity index (χ2n) is 5.45. The van der Waals surface area contributed by atoms with Gasteiger partial charge >= 0.3 is 5.97 Å². The van der Waals surface area contributed by atoms with Crippen molar-refractivity contribution in [3.63, 3.8) is 0 Å². The lowest BCUT2D eigenvalue weighted by Crippen LogP contribution is -1.98. The second-order valence-corrected chi connectivity index (χ2v) is 5.45. The highest BCUT2D eigenvalue weighted by Crippen LogP contribution is 2.29. The maximum Gasteiger partial charge on any atom is 0.335 e. The number of benzene rings is 2. The lowest BCUT2D eigenvalue weighted by atomic mass is 10.1. The molecule has 0 bridgehead atoms. The van der Waals surface area contributed by atoms with Crippen molar-refractivity contribution in [1.29, 1.82) is 0 Å². The molecular weight excluding hydrogens is 311 g/mol. The SMILES string of the molecule is CCn1c(-c2n[nH]c3cc(C(=O)O)ccc23)nc2cc(F)ccc21. The molecule has 120 valence electrons. The molecule has 2 heterocycles. The molecule has 0 atom stereocenters. The van der Waals surface area contributed by atoms with Gasteiger partial charge in [-0.15, -0.1) is 0 Å². The summed E-state index contributed by atoms with van der Waals surface area (Å²) >= 11 is 0. The van der Waals surface area contributed by atoms with Gasteiger partial charge in [-0.3, -0.25) is 5.10 Å². The highest BCUT2D eigenvalue weighted by atomic mass is 19.1. The third-order valence-electron chi connectivity index (χ3n) is 4.05. The lowest BCUT2D eigenvalue weighted by molar-refractivity contribution is 0.0697. The smallest absolute Gasteiger partial charge is 0.335 e. The zero-order valence-corrected chi connectivity index (χ0v) is 12.7. The predicted octanol–water partition coefficient (Wildman–Crippen LogP) is 3.44. The highest BCUT2D eigenvalue weighted by molar-refractivity contribution is 5.98. The van der Waals surface area contributed by atoms with E-state index in [1.54, 1.807) is 12.1 Å². The van der Waals surface area contributed by atoms with Crippen molar-refractivity contribution in [3.05, 3.63) is 47.8 Å². The number of halogens is 1. The van der Waals surface area contributed by atoms with Gasteiger partial charge in [0.2, 0.25) is 0 Å². The number of hydrogen-bond acceptors (Lipinski definition) is 3. The Morgan fingerprint density at radius 1 is 1.29 bits per heavy atom. The summed E-state index contributed by atoms with van der Waals surface area (Å²) in [7, 11) is 0. The van der Waals surface area contributed by atoms with Crippen LogP contribution in [-0.4, -0.2) is 30.8 Å². The van der Waals surface area contributed by atoms with Crippen LogP contribution in [0.15, 0.2) is 36.4 Å². The summed E-state index contributed by atoms with van der Waals surface area (Å²) in [6.45, 7) is 2.63. The third-order valence-corrected chi connectivity index (χ3v) is 4.05. The maximum atomic E-state index is 13.5. The van der Waals surface area contributed by atoms with E-state index < -0.39 is 5.97 Å². The van der Waals surface area contributed by atoms with Gasteiger partial charge in [-0.2, -0.15) is 5.10 Å². The summed E-state index contributed by atoms with van der Waals surface area (Å²) in [6, 6.07) is 9.26. The first-order valence-corrected chi connectivity index (χ1v) is 7.46. The molecule has 2 aromatic heterocycles. The minimum Gasteiger partial charge on any atom is -0.478 e. The number of rotatable bonds is 3. The standard InChI is InChI=1S/C17H13FN4O2/c1-2-22-14-6-4-10(18)8-13(14)19-16(22)15-11-5-3-9(17(23)24)7-12(11)20-21-15/h3-8H,2H2,1H3,(H,20,21)(H,23,24). The third kappa shape index (κ3) is 2.05. The number of nitrogens with zero attached hydrogens (tertiary/aromatic N) is 3. The quantitative estimate of drug-likeness (QED) is 0.604. The maximum absolute atomic E-state index is 13.5. The number of carboxylic acids is 1. The Balaban J connectivity index is 1.97. The number of imidazole rings is 1. The molecule has 0 aliphatic carbocycles. The van der Waals surface area contributed by atoms with Crippen molar-refractivity contribution in [2.75, 3.05) is 0 Å². The Hall–Kier alpha value is -3.22. The Morgan fingerprint density at radius 3 is 2.88 bits per heavy atom. The Morgan fingerprint density at radius 2 is 2.12 bits per heavy atom. The van der Waals surface area contributed by atoms with Crippen molar-refractivity contribution in [2.45, 2.75) is 13.5 Å². The molecule has 6 nitrogen and oxygen atoms in total. The van der Waals surface area contributed by atoms with Crippen LogP contribution in [0.4, 0.5) is 4.39 Å². The van der Waals surface area contributed by atoms with Crippen LogP contribution in [0.5, 0.6) is 0 Å². The van der Waals surface area contributed by atoms with Gasteiger partial charge in [-0.1, -0.05) is 0 Å². The van der Waals surface area contributed by atoms with Crippen LogP contribution in [0.1, 0.15) is 17.3 Å². The number of nitrogens with one attached hydrogen (secondary N) is 1. The molecule has 0 spiro atoms. The first-order valence-electron chi connectivity index (χ1n) is 7.46. The molecule has 0 radical (unpaired) electrons. The minimum absolute atomic E-state index is 0.184. The molecule has 2 aromatic carbocycles. The van der Waals surface area contributed by atoms with E-state index in [9.17, 15) is 9.18 Å². The average molecular weight is 324 g/mol. The minimum atomic E-state index is -0.996. The van der Waals surface area contributed by atoms with Gasteiger partial charge in [0.15, 0.2) is 5.82 Å². The molecule has 2 N–H and O–H groups in total. The summed E-state index contributed by atoms with van der Waals surface area (Å²) in [5, 5.41) is 17.0. The Kier molecular flexibility index (Phi) is 3.09. The number of H-pyrrole nitrogens is 1. The molecule has 7 heteroatoms. The molecule has 0 amide bonds. The summed E-state index contributed by atoms with van der Waals surface area (Å²) in [5.74, 6) is -0.718. The normalized spacial score (nSPS) is 11.4. The van der Waals surface area contributed by atoms with Crippen LogP contribution in [0, 0.1) is 5.82 Å². The van der Waals surface area contributed by atoms with E-state index in [1.807, 2.05) is 11.5 Å². The summed E-state index contributed by atoms with van der Waals surface area (Å²) in [4.78, 5) is 15.6. The first kappa shape index (κ1) is 14.4. The predicted molar refractivity (Wildman–Crippen MR) is 87.4 cm³/mol. The van der Waals surface area contributed by atoms with Crippen LogP contribution >= 0.6 is 0 Å². The molecule has 4 aromatic rings. The molecular formula is C17H13FN4O2. The summed E-state index contributed by atoms with van der Waals surface area (Å²) in [5.41, 5.74) is 2.80. The lowest BCUT2D eigenvalue weighted by Gasteiger charge is -2.04. The van der Waals surface area contributed by atoms with Crippen LogP contribution in [0.2, 0.25) is 0 Å². The van der Waals surface area contributed by atoms with Crippen LogP contribution in [-0.2, 0) is 6.54 Å². The number of aromatic amines is 1. The largest absolute Gasteiger partial charge is 0.478 e. The van der Waals surface area contributed by atoms with Crippen molar-refractivity contribution < 1.29 is 14.3 Å². The second kappa shape index (κ2) is 5.16. The number of fused-ring (bicyclic) bond motifs is 2. The zero-order valence-electron chi connectivity index (χ0n) is 12.7. The van der Waals surface area contributed by atoms with Crippen molar-refractivity contribution >= 4 is 27.9 Å². The van der Waals surface area contributed by atoms with Gasteiger partial charge in [0, 0.05) is 18.0 Å². The summed E-state index contributed by atoms with van der Waals surface area (Å²) in [6.07, 6.45) is 0. The molecule has 0 saturated heterocycles. The van der Waals surface area contributed by atoms with Gasteiger partial charge in [-0.25, -0.2) is 14.2 Å². The van der Waals surface area contributed by atoms with E-state index in [0.717, 1.165) is 10.9 Å². The van der Waals surface area contributed by atoms with E-state index in [0.29, 0.717) is 29.1 Å². The van der Waals surface area contributed by atoms with Crippen LogP contribution in [0.3, 0.4) is 0 Å². The van der Waals surface area contributed by atoms with E-state index in [1.165, 1.54) is 24.3 Å². The molecule has 24 heavy (non-hydrogen) atoms. The van der Waals surface area contributed by atoms with Crippen molar-refractivity contribution in [3.8, 4) is 11.5 Å². The van der Waals surface area contributed by atoms with Crippen LogP contribution in [0.25, 0.3) is 33.5 Å². The van der Waals surface area contributed by atoms with Gasteiger partial charge in [-0.05, 0) is 37.3 Å². The van der Waals surface area contributed by atoms with Gasteiger partial charge in [0.25, 0.3) is 0 Å². The fourth-order valence-corrected chi connectivity index (χ4v) is 2.93. The van der Waals surface area contributed by atoms with Crippen molar-refractivity contribution in [1.82, 2.24) is 19.7 Å². The summed E-state index contributed by atoms with van der Waals surface area (Å²) < 4.78 is 15.4. The van der Waals surface area contributed by atoms with Gasteiger partial charge < -0.3 is 9.67 Å². The molecule has 0 saturated carbocycles. The highest BCUT2D eigenvalue weighted by Gasteiger charge is 2.18. The van der Waals surface area contributed by atoms with E-state index in [-0.39, 0.29) is 11.4 Å². The zero-order chi connectivity index (χ0) is 16.8. The molecule has 0 aliphatic heterocycles. The molecule has 0 fully saturated rings. The molecule has 0 unspecified atom stereocenters. The molecule has 4 rings (SSSR count). The molecule has 0 aliphatic rings. The van der Waals surface area contributed by atoms with Gasteiger partial charge in [0.1, 0.15) is 11.5 Å². The van der Waals surface area contributed by atoms with E-state index in [2.05, 4.69) is 15.2 Å². The number of hydrogen-bond donors (Lipinski definition) is 2. The topological polar surface area (TPSA) is 83.8 Å². The number of aryl methyl sites for hydroxylation is 1. The van der Waals surface area contributed by atoms with Crippen molar-refractivity contribution in [2.24, 2.45) is 0 Å². The first-order chi connectivity index (χ1) is 11.6. The Bertz CT molecular complexity index is 1100. The average Bonchev–Trinajstić information content (AvgIpc) is 3.13. The number of carboxylic acid groups (broad SMARTS) is 1. The van der Waals surface area contributed by atoms with E-state index in [4.69, 9.17) is 5.11 Å². The van der Waals surface area contributed by atoms with Crippen LogP contribution < -0.4 is 0 Å². The number of aromatic carboxylic acids is 1. The fourth-order valence-electron chi connectivity index (χ4n) is 2.93. The monoisotopic (exact) mass is 324 g/mol. The van der Waals surface area contributed by atoms with Gasteiger partial charge in [0.05, 0.1) is 22.1 Å². The number of carbonyl (C=O) groups is 1. The number of aromatic nitrogens is 4. The Labute approximate surface area is 135 Å². The fraction of sp³-hybridized carbons (Fsp3) is 0.118.